The third-order valence-electron chi connectivity index (χ3n) is 7.86. The third-order valence-corrected chi connectivity index (χ3v) is 7.86. The minimum atomic E-state index is 0.295. The van der Waals surface area contributed by atoms with Gasteiger partial charge in [0.15, 0.2) is 0 Å². The average molecular weight is 441 g/mol. The van der Waals surface area contributed by atoms with Gasteiger partial charge in [-0.05, 0) is 47.9 Å². The smallest absolute Gasteiger partial charge is 0.236 e. The summed E-state index contributed by atoms with van der Waals surface area (Å²) in [6.45, 7) is 6.20. The van der Waals surface area contributed by atoms with E-state index in [-0.39, 0.29) is 0 Å². The number of aromatic nitrogens is 1. The Bertz CT molecular complexity index is 1160. The highest BCUT2D eigenvalue weighted by Crippen LogP contribution is 2.30. The number of fused-ring (bicyclic) bond motifs is 2. The number of rotatable bonds is 4. The van der Waals surface area contributed by atoms with Crippen molar-refractivity contribution < 1.29 is 4.79 Å². The van der Waals surface area contributed by atoms with Crippen molar-refractivity contribution >= 4 is 16.7 Å². The number of nitrogens with zero attached hydrogens (tertiary/aromatic N) is 4. The zero-order valence-corrected chi connectivity index (χ0v) is 19.2. The van der Waals surface area contributed by atoms with Crippen LogP contribution in [0, 0.1) is 0 Å². The first kappa shape index (κ1) is 20.8. The summed E-state index contributed by atoms with van der Waals surface area (Å²) in [5.41, 5.74) is 4.96. The highest BCUT2D eigenvalue weighted by atomic mass is 16.2. The molecule has 5 heteroatoms. The summed E-state index contributed by atoms with van der Waals surface area (Å²) in [5, 5.41) is 2.42. The van der Waals surface area contributed by atoms with Crippen LogP contribution in [0.25, 0.3) is 22.0 Å². The SMILES string of the molecule is O=C(CN1CCc2cc(-c3nccc4ccccc34)ccc2C1)N1CCN(C2CCC2)CC1. The predicted octanol–water partition coefficient (Wildman–Crippen LogP) is 3.96. The summed E-state index contributed by atoms with van der Waals surface area (Å²) >= 11 is 0. The van der Waals surface area contributed by atoms with Crippen LogP contribution in [0.3, 0.4) is 0 Å². The number of pyridine rings is 1. The Hall–Kier alpha value is -2.76. The third kappa shape index (κ3) is 4.16. The summed E-state index contributed by atoms with van der Waals surface area (Å²) in [5.74, 6) is 0.295. The van der Waals surface area contributed by atoms with E-state index in [1.54, 1.807) is 0 Å². The topological polar surface area (TPSA) is 39.7 Å². The molecule has 5 nitrogen and oxygen atoms in total. The lowest BCUT2D eigenvalue weighted by atomic mass is 9.91. The van der Waals surface area contributed by atoms with E-state index in [4.69, 9.17) is 4.98 Å². The minimum absolute atomic E-state index is 0.295. The Morgan fingerprint density at radius 3 is 2.61 bits per heavy atom. The van der Waals surface area contributed by atoms with E-state index in [9.17, 15) is 4.79 Å². The molecular weight excluding hydrogens is 408 g/mol. The lowest BCUT2D eigenvalue weighted by Crippen LogP contribution is -2.55. The number of carbonyl (C=O) groups is 1. The van der Waals surface area contributed by atoms with E-state index in [0.717, 1.165) is 57.4 Å². The van der Waals surface area contributed by atoms with Gasteiger partial charge < -0.3 is 4.90 Å². The zero-order chi connectivity index (χ0) is 22.2. The normalized spacial score (nSPS) is 19.9. The van der Waals surface area contributed by atoms with Gasteiger partial charge in [-0.25, -0.2) is 0 Å². The summed E-state index contributed by atoms with van der Waals surface area (Å²) in [6, 6.07) is 18.0. The largest absolute Gasteiger partial charge is 0.339 e. The molecule has 170 valence electrons. The molecule has 0 N–H and O–H groups in total. The number of carbonyl (C=O) groups excluding carboxylic acids is 1. The van der Waals surface area contributed by atoms with Crippen molar-refractivity contribution in [3.63, 3.8) is 0 Å². The highest BCUT2D eigenvalue weighted by molar-refractivity contribution is 5.94. The number of hydrogen-bond donors (Lipinski definition) is 0. The summed E-state index contributed by atoms with van der Waals surface area (Å²) < 4.78 is 0. The van der Waals surface area contributed by atoms with E-state index >= 15 is 0 Å². The molecule has 1 aliphatic carbocycles. The Labute approximate surface area is 196 Å². The van der Waals surface area contributed by atoms with Crippen LogP contribution in [-0.4, -0.2) is 70.9 Å². The molecule has 3 aromatic rings. The fraction of sp³-hybridized carbons (Fsp3) is 0.429. The Morgan fingerprint density at radius 1 is 0.939 bits per heavy atom. The molecule has 0 bridgehead atoms. The first-order chi connectivity index (χ1) is 16.2. The Morgan fingerprint density at radius 2 is 1.79 bits per heavy atom. The number of amides is 1. The first-order valence-electron chi connectivity index (χ1n) is 12.4. The fourth-order valence-electron chi connectivity index (χ4n) is 5.62. The van der Waals surface area contributed by atoms with Gasteiger partial charge in [0, 0.05) is 62.5 Å². The standard InChI is InChI=1S/C28H32N4O/c33-27(32-16-14-31(15-17-32)25-5-3-6-25)20-30-13-11-22-18-23(8-9-24(22)19-30)28-26-7-2-1-4-21(26)10-12-29-28/h1-2,4,7-10,12,18,25H,3,5-6,11,13-17,19-20H2. The van der Waals surface area contributed by atoms with Gasteiger partial charge in [-0.2, -0.15) is 0 Å². The summed E-state index contributed by atoms with van der Waals surface area (Å²) in [7, 11) is 0. The molecule has 1 aromatic heterocycles. The molecule has 33 heavy (non-hydrogen) atoms. The van der Waals surface area contributed by atoms with Gasteiger partial charge in [-0.1, -0.05) is 42.8 Å². The molecule has 0 spiro atoms. The lowest BCUT2D eigenvalue weighted by Gasteiger charge is -2.43. The molecule has 2 fully saturated rings. The van der Waals surface area contributed by atoms with Crippen LogP contribution in [0.4, 0.5) is 0 Å². The van der Waals surface area contributed by atoms with Crippen molar-refractivity contribution in [2.24, 2.45) is 0 Å². The molecule has 1 saturated carbocycles. The zero-order valence-electron chi connectivity index (χ0n) is 19.2. The van der Waals surface area contributed by atoms with Crippen molar-refractivity contribution in [1.82, 2.24) is 19.7 Å². The second-order valence-electron chi connectivity index (χ2n) is 9.83. The second kappa shape index (κ2) is 8.88. The van der Waals surface area contributed by atoms with E-state index in [2.05, 4.69) is 63.2 Å². The van der Waals surface area contributed by atoms with Gasteiger partial charge in [-0.15, -0.1) is 0 Å². The Kier molecular flexibility index (Phi) is 5.60. The molecule has 1 amide bonds. The second-order valence-corrected chi connectivity index (χ2v) is 9.83. The van der Waals surface area contributed by atoms with Crippen LogP contribution < -0.4 is 0 Å². The number of hydrogen-bond acceptors (Lipinski definition) is 4. The number of benzene rings is 2. The van der Waals surface area contributed by atoms with E-state index in [1.165, 1.54) is 46.7 Å². The van der Waals surface area contributed by atoms with Crippen LogP contribution in [0.1, 0.15) is 30.4 Å². The quantitative estimate of drug-likeness (QED) is 0.616. The molecule has 2 aliphatic heterocycles. The molecular formula is C28H32N4O. The van der Waals surface area contributed by atoms with Gasteiger partial charge in [0.25, 0.3) is 0 Å². The van der Waals surface area contributed by atoms with Gasteiger partial charge in [0.05, 0.1) is 12.2 Å². The van der Waals surface area contributed by atoms with Crippen molar-refractivity contribution in [1.29, 1.82) is 0 Å². The predicted molar refractivity (Wildman–Crippen MR) is 132 cm³/mol. The maximum absolute atomic E-state index is 13.0. The number of piperazine rings is 1. The molecule has 0 atom stereocenters. The first-order valence-corrected chi connectivity index (χ1v) is 12.4. The van der Waals surface area contributed by atoms with E-state index in [1.807, 2.05) is 6.20 Å². The van der Waals surface area contributed by atoms with Gasteiger partial charge >= 0.3 is 0 Å². The molecule has 6 rings (SSSR count). The summed E-state index contributed by atoms with van der Waals surface area (Å²) in [4.78, 5) is 24.6. The molecule has 1 saturated heterocycles. The van der Waals surface area contributed by atoms with Gasteiger partial charge in [0.1, 0.15) is 0 Å². The summed E-state index contributed by atoms with van der Waals surface area (Å²) in [6.07, 6.45) is 6.95. The monoisotopic (exact) mass is 440 g/mol. The maximum atomic E-state index is 13.0. The van der Waals surface area contributed by atoms with Crippen LogP contribution in [0.5, 0.6) is 0 Å². The van der Waals surface area contributed by atoms with E-state index < -0.39 is 0 Å². The molecule has 2 aromatic carbocycles. The van der Waals surface area contributed by atoms with Crippen LogP contribution in [0.15, 0.2) is 54.7 Å². The van der Waals surface area contributed by atoms with Crippen molar-refractivity contribution in [3.8, 4) is 11.3 Å². The molecule has 3 aliphatic rings. The highest BCUT2D eigenvalue weighted by Gasteiger charge is 2.30. The Balaban J connectivity index is 1.10. The molecule has 0 radical (unpaired) electrons. The van der Waals surface area contributed by atoms with Crippen LogP contribution >= 0.6 is 0 Å². The lowest BCUT2D eigenvalue weighted by molar-refractivity contribution is -0.135. The van der Waals surface area contributed by atoms with Gasteiger partial charge in [0.2, 0.25) is 5.91 Å². The van der Waals surface area contributed by atoms with E-state index in [0.29, 0.717) is 12.5 Å². The van der Waals surface area contributed by atoms with Crippen LogP contribution in [0.2, 0.25) is 0 Å². The van der Waals surface area contributed by atoms with Gasteiger partial charge in [-0.3, -0.25) is 19.6 Å². The average Bonchev–Trinajstić information content (AvgIpc) is 2.83. The molecule has 3 heterocycles. The minimum Gasteiger partial charge on any atom is -0.339 e. The fourth-order valence-corrected chi connectivity index (χ4v) is 5.62. The molecule has 0 unspecified atom stereocenters. The van der Waals surface area contributed by atoms with Crippen molar-refractivity contribution in [2.45, 2.75) is 38.3 Å². The van der Waals surface area contributed by atoms with Crippen LogP contribution in [-0.2, 0) is 17.8 Å². The van der Waals surface area contributed by atoms with Crippen molar-refractivity contribution in [2.75, 3.05) is 39.3 Å². The maximum Gasteiger partial charge on any atom is 0.236 e. The van der Waals surface area contributed by atoms with Crippen molar-refractivity contribution in [3.05, 3.63) is 65.9 Å².